The predicted octanol–water partition coefficient (Wildman–Crippen LogP) is 2.41. The number of hydrogen-bond donors (Lipinski definition) is 2. The fourth-order valence-electron chi connectivity index (χ4n) is 2.98. The molecule has 0 radical (unpaired) electrons. The number of imide groups is 1. The van der Waals surface area contributed by atoms with Crippen LogP contribution in [0.25, 0.3) is 0 Å². The average molecular weight is 423 g/mol. The second kappa shape index (κ2) is 7.89. The molecule has 1 heterocycles. The van der Waals surface area contributed by atoms with E-state index in [1.54, 1.807) is 12.1 Å². The monoisotopic (exact) mass is 422 g/mol. The van der Waals surface area contributed by atoms with Crippen LogP contribution in [0.1, 0.15) is 43.0 Å². The van der Waals surface area contributed by atoms with Crippen molar-refractivity contribution in [1.29, 1.82) is 0 Å². The van der Waals surface area contributed by atoms with E-state index in [0.29, 0.717) is 5.56 Å². The Morgan fingerprint density at radius 2 is 1.61 bits per heavy atom. The zero-order valence-electron chi connectivity index (χ0n) is 14.7. The largest absolute Gasteiger partial charge is 0.373 e. The average Bonchev–Trinajstić information content (AvgIpc) is 2.92. The Morgan fingerprint density at radius 1 is 1.04 bits per heavy atom. The first-order chi connectivity index (χ1) is 13.2. The molecule has 3 rings (SSSR count). The lowest BCUT2D eigenvalue weighted by atomic mass is 10.1. The molecule has 0 saturated heterocycles. The molecule has 0 spiro atoms. The van der Waals surface area contributed by atoms with Gasteiger partial charge in [0.05, 0.1) is 16.8 Å². The van der Waals surface area contributed by atoms with Gasteiger partial charge in [0.1, 0.15) is 6.54 Å². The fraction of sp³-hybridized carbons (Fsp3) is 0.211. The summed E-state index contributed by atoms with van der Waals surface area (Å²) in [6.07, 6.45) is 0. The minimum atomic E-state index is -1.46. The van der Waals surface area contributed by atoms with Crippen LogP contribution in [0.5, 0.6) is 0 Å². The molecular formula is C19H16Cl2N2O5. The summed E-state index contributed by atoms with van der Waals surface area (Å²) in [6, 6.07) is 10.6. The van der Waals surface area contributed by atoms with Crippen LogP contribution in [-0.4, -0.2) is 46.4 Å². The van der Waals surface area contributed by atoms with Crippen LogP contribution in [0.15, 0.2) is 42.5 Å². The molecule has 1 aliphatic rings. The van der Waals surface area contributed by atoms with E-state index in [1.165, 1.54) is 42.3 Å². The number of fused-ring (bicyclic) bond motifs is 1. The molecule has 2 aromatic carbocycles. The van der Waals surface area contributed by atoms with E-state index in [2.05, 4.69) is 0 Å². The third-order valence-electron chi connectivity index (χ3n) is 4.49. The molecule has 146 valence electrons. The molecule has 1 aliphatic heterocycles. The Bertz CT molecular complexity index is 926. The molecule has 2 aromatic rings. The lowest BCUT2D eigenvalue weighted by molar-refractivity contribution is -0.118. The Balaban J connectivity index is 1.84. The quantitative estimate of drug-likeness (QED) is 0.569. The molecule has 7 nitrogen and oxygen atoms in total. The van der Waals surface area contributed by atoms with Crippen LogP contribution in [0.2, 0.25) is 0 Å². The van der Waals surface area contributed by atoms with Crippen LogP contribution >= 0.6 is 23.2 Å². The molecule has 0 saturated carbocycles. The van der Waals surface area contributed by atoms with Crippen molar-refractivity contribution in [3.8, 4) is 0 Å². The van der Waals surface area contributed by atoms with Crippen molar-refractivity contribution < 1.29 is 24.6 Å². The highest BCUT2D eigenvalue weighted by Crippen LogP contribution is 2.32. The molecule has 9 heteroatoms. The fourth-order valence-corrected chi connectivity index (χ4v) is 3.29. The van der Waals surface area contributed by atoms with Crippen molar-refractivity contribution in [1.82, 2.24) is 4.90 Å². The Morgan fingerprint density at radius 3 is 2.11 bits per heavy atom. The molecule has 2 N–H and O–H groups in total. The molecule has 28 heavy (non-hydrogen) atoms. The number of anilines is 1. The number of halogens is 2. The number of carbonyl (C=O) groups is 3. The van der Waals surface area contributed by atoms with E-state index in [-0.39, 0.29) is 22.4 Å². The van der Waals surface area contributed by atoms with Crippen molar-refractivity contribution in [2.24, 2.45) is 0 Å². The van der Waals surface area contributed by atoms with Gasteiger partial charge in [0.2, 0.25) is 5.91 Å². The summed E-state index contributed by atoms with van der Waals surface area (Å²) in [5.74, 6) is -1.65. The summed E-state index contributed by atoms with van der Waals surface area (Å²) in [5.41, 5.74) is -1.56. The number of benzene rings is 2. The van der Waals surface area contributed by atoms with E-state index < -0.39 is 35.4 Å². The molecule has 2 atom stereocenters. The van der Waals surface area contributed by atoms with Crippen LogP contribution in [0.4, 0.5) is 5.69 Å². The minimum Gasteiger partial charge on any atom is -0.373 e. The van der Waals surface area contributed by atoms with Crippen molar-refractivity contribution in [3.63, 3.8) is 0 Å². The van der Waals surface area contributed by atoms with E-state index in [1.807, 2.05) is 0 Å². The zero-order valence-corrected chi connectivity index (χ0v) is 16.2. The molecule has 2 unspecified atom stereocenters. The Labute approximate surface area is 170 Å². The lowest BCUT2D eigenvalue weighted by Crippen LogP contribution is -2.41. The maximum absolute atomic E-state index is 12.7. The standard InChI is InChI=1S/C19H16Cl2N2O5/c1-22(14-7-6-10(16(20)25)8-13(14)17(21)26)15(24)9-23-18(27)11-4-2-3-5-12(11)19(23)28/h2-8,16-17,25-26H,9H2,1H3. The number of hydrogen-bond acceptors (Lipinski definition) is 5. The molecule has 0 fully saturated rings. The normalized spacial score (nSPS) is 15.4. The number of alkyl halides is 2. The molecule has 0 aliphatic carbocycles. The minimum absolute atomic E-state index is 0.150. The summed E-state index contributed by atoms with van der Waals surface area (Å²) in [4.78, 5) is 39.6. The summed E-state index contributed by atoms with van der Waals surface area (Å²) in [6.45, 7) is -0.472. The summed E-state index contributed by atoms with van der Waals surface area (Å²) in [7, 11) is 1.43. The van der Waals surface area contributed by atoms with Crippen LogP contribution in [0.3, 0.4) is 0 Å². The lowest BCUT2D eigenvalue weighted by Gasteiger charge is -2.24. The number of aliphatic hydroxyl groups is 2. The van der Waals surface area contributed by atoms with Crippen LogP contribution in [0, 0.1) is 0 Å². The number of likely N-dealkylation sites (N-methyl/N-ethyl adjacent to an activating group) is 1. The van der Waals surface area contributed by atoms with E-state index in [4.69, 9.17) is 23.2 Å². The van der Waals surface area contributed by atoms with Crippen molar-refractivity contribution >= 4 is 46.6 Å². The van der Waals surface area contributed by atoms with Crippen molar-refractivity contribution in [2.45, 2.75) is 11.1 Å². The highest BCUT2D eigenvalue weighted by Gasteiger charge is 2.37. The molecule has 0 bridgehead atoms. The molecule has 3 amide bonds. The highest BCUT2D eigenvalue weighted by molar-refractivity contribution is 6.23. The van der Waals surface area contributed by atoms with Gasteiger partial charge in [-0.1, -0.05) is 41.4 Å². The summed E-state index contributed by atoms with van der Waals surface area (Å²) in [5, 5.41) is 19.3. The summed E-state index contributed by atoms with van der Waals surface area (Å²) >= 11 is 11.4. The third-order valence-corrected chi connectivity index (χ3v) is 4.98. The third kappa shape index (κ3) is 3.62. The maximum Gasteiger partial charge on any atom is 0.262 e. The topological polar surface area (TPSA) is 98.2 Å². The first-order valence-electron chi connectivity index (χ1n) is 8.22. The second-order valence-electron chi connectivity index (χ2n) is 6.18. The van der Waals surface area contributed by atoms with Gasteiger partial charge in [0, 0.05) is 12.6 Å². The number of carbonyl (C=O) groups excluding carboxylic acids is 3. The van der Waals surface area contributed by atoms with Gasteiger partial charge >= 0.3 is 0 Å². The Hall–Kier alpha value is -2.45. The van der Waals surface area contributed by atoms with Gasteiger partial charge in [-0.3, -0.25) is 19.3 Å². The van der Waals surface area contributed by atoms with Gasteiger partial charge in [0.25, 0.3) is 11.8 Å². The number of amides is 3. The zero-order chi connectivity index (χ0) is 20.6. The maximum atomic E-state index is 12.7. The first kappa shape index (κ1) is 20.3. The number of rotatable bonds is 5. The number of aliphatic hydroxyl groups excluding tert-OH is 2. The van der Waals surface area contributed by atoms with Gasteiger partial charge < -0.3 is 15.1 Å². The van der Waals surface area contributed by atoms with E-state index in [0.717, 1.165) is 4.90 Å². The molecular weight excluding hydrogens is 407 g/mol. The van der Waals surface area contributed by atoms with E-state index in [9.17, 15) is 24.6 Å². The van der Waals surface area contributed by atoms with E-state index >= 15 is 0 Å². The second-order valence-corrected chi connectivity index (χ2v) is 7.01. The van der Waals surface area contributed by atoms with Crippen molar-refractivity contribution in [2.75, 3.05) is 18.5 Å². The summed E-state index contributed by atoms with van der Waals surface area (Å²) < 4.78 is 0. The van der Waals surface area contributed by atoms with Gasteiger partial charge in [-0.15, -0.1) is 0 Å². The SMILES string of the molecule is CN(C(=O)CN1C(=O)c2ccccc2C1=O)c1ccc(C(O)Cl)cc1C(O)Cl. The van der Waals surface area contributed by atoms with Crippen molar-refractivity contribution in [3.05, 3.63) is 64.7 Å². The Kier molecular flexibility index (Phi) is 5.71. The molecule has 0 aromatic heterocycles. The smallest absolute Gasteiger partial charge is 0.262 e. The van der Waals surface area contributed by atoms with Gasteiger partial charge in [-0.05, 0) is 29.8 Å². The van der Waals surface area contributed by atoms with Gasteiger partial charge in [-0.25, -0.2) is 0 Å². The number of nitrogens with zero attached hydrogens (tertiary/aromatic N) is 2. The van der Waals surface area contributed by atoms with Gasteiger partial charge in [-0.2, -0.15) is 0 Å². The van der Waals surface area contributed by atoms with Crippen LogP contribution in [-0.2, 0) is 4.79 Å². The van der Waals surface area contributed by atoms with Crippen LogP contribution < -0.4 is 4.90 Å². The van der Waals surface area contributed by atoms with Gasteiger partial charge in [0.15, 0.2) is 11.1 Å². The predicted molar refractivity (Wildman–Crippen MR) is 103 cm³/mol. The first-order valence-corrected chi connectivity index (χ1v) is 9.09. The highest BCUT2D eigenvalue weighted by atomic mass is 35.5.